The molecule has 0 unspecified atom stereocenters. The molecule has 0 saturated carbocycles. The van der Waals surface area contributed by atoms with E-state index in [-0.39, 0.29) is 5.91 Å². The maximum Gasteiger partial charge on any atom is 0.272 e. The lowest BCUT2D eigenvalue weighted by Crippen LogP contribution is -2.17. The van der Waals surface area contributed by atoms with E-state index in [1.54, 1.807) is 24.5 Å². The third-order valence-corrected chi connectivity index (χ3v) is 2.95. The fourth-order valence-corrected chi connectivity index (χ4v) is 1.71. The van der Waals surface area contributed by atoms with E-state index in [1.165, 1.54) is 6.20 Å². The topological polar surface area (TPSA) is 63.6 Å². The van der Waals surface area contributed by atoms with Crippen molar-refractivity contribution in [3.05, 3.63) is 59.9 Å². The first-order valence-corrected chi connectivity index (χ1v) is 7.26. The third-order valence-electron chi connectivity index (χ3n) is 2.95. The number of unbranched alkanes of at least 4 members (excludes halogenated alkanes) is 1. The Balaban J connectivity index is 1.84. The first-order chi connectivity index (χ1) is 10.8. The van der Waals surface area contributed by atoms with Crippen molar-refractivity contribution in [3.8, 4) is 5.75 Å². The maximum absolute atomic E-state index is 11.8. The Morgan fingerprint density at radius 1 is 1.32 bits per heavy atom. The van der Waals surface area contributed by atoms with E-state index < -0.39 is 0 Å². The summed E-state index contributed by atoms with van der Waals surface area (Å²) in [6, 6.07) is 10.9. The predicted octanol–water partition coefficient (Wildman–Crippen LogP) is 3.02. The predicted molar refractivity (Wildman–Crippen MR) is 86.1 cm³/mol. The van der Waals surface area contributed by atoms with Crippen LogP contribution in [0.3, 0.4) is 0 Å². The Kier molecular flexibility index (Phi) is 6.11. The average molecular weight is 297 g/mol. The monoisotopic (exact) mass is 297 g/mol. The van der Waals surface area contributed by atoms with Crippen LogP contribution in [-0.4, -0.2) is 23.7 Å². The van der Waals surface area contributed by atoms with Gasteiger partial charge in [0.1, 0.15) is 5.75 Å². The van der Waals surface area contributed by atoms with Crippen molar-refractivity contribution in [1.29, 1.82) is 0 Å². The molecule has 5 nitrogen and oxygen atoms in total. The highest BCUT2D eigenvalue weighted by atomic mass is 16.5. The average Bonchev–Trinajstić information content (AvgIpc) is 2.57. The SMILES string of the molecule is CCCCOc1ccc(/C=N\NC(=O)c2cccnc2)cc1. The molecule has 1 aromatic heterocycles. The Bertz CT molecular complexity index is 610. The van der Waals surface area contributed by atoms with Crippen LogP contribution in [0, 0.1) is 0 Å². The molecule has 0 aliphatic heterocycles. The summed E-state index contributed by atoms with van der Waals surface area (Å²) in [6.07, 6.45) is 6.85. The largest absolute Gasteiger partial charge is 0.494 e. The molecule has 0 fully saturated rings. The Morgan fingerprint density at radius 3 is 2.82 bits per heavy atom. The van der Waals surface area contributed by atoms with Gasteiger partial charge in [-0.3, -0.25) is 9.78 Å². The molecular weight excluding hydrogens is 278 g/mol. The van der Waals surface area contributed by atoms with Gasteiger partial charge in [-0.15, -0.1) is 0 Å². The summed E-state index contributed by atoms with van der Waals surface area (Å²) in [5.41, 5.74) is 3.82. The first-order valence-electron chi connectivity index (χ1n) is 7.26. The lowest BCUT2D eigenvalue weighted by atomic mass is 10.2. The van der Waals surface area contributed by atoms with Crippen LogP contribution < -0.4 is 10.2 Å². The van der Waals surface area contributed by atoms with Gasteiger partial charge in [0.2, 0.25) is 0 Å². The van der Waals surface area contributed by atoms with Crippen LogP contribution in [0.2, 0.25) is 0 Å². The van der Waals surface area contributed by atoms with Gasteiger partial charge >= 0.3 is 0 Å². The summed E-state index contributed by atoms with van der Waals surface area (Å²) in [5.74, 6) is 0.550. The van der Waals surface area contributed by atoms with Crippen molar-refractivity contribution in [2.75, 3.05) is 6.61 Å². The lowest BCUT2D eigenvalue weighted by Gasteiger charge is -2.04. The van der Waals surface area contributed by atoms with E-state index >= 15 is 0 Å². The van der Waals surface area contributed by atoms with Crippen LogP contribution in [0.15, 0.2) is 53.9 Å². The molecule has 0 aliphatic carbocycles. The van der Waals surface area contributed by atoms with Gasteiger partial charge in [-0.05, 0) is 48.4 Å². The van der Waals surface area contributed by atoms with Crippen LogP contribution in [0.4, 0.5) is 0 Å². The van der Waals surface area contributed by atoms with Gasteiger partial charge < -0.3 is 4.74 Å². The van der Waals surface area contributed by atoms with E-state index in [9.17, 15) is 4.79 Å². The van der Waals surface area contributed by atoms with Gasteiger partial charge in [0.25, 0.3) is 5.91 Å². The highest BCUT2D eigenvalue weighted by molar-refractivity contribution is 5.94. The quantitative estimate of drug-likeness (QED) is 0.485. The molecule has 1 heterocycles. The fraction of sp³-hybridized carbons (Fsp3) is 0.235. The number of hydrogen-bond donors (Lipinski definition) is 1. The minimum atomic E-state index is -0.288. The Hall–Kier alpha value is -2.69. The number of rotatable bonds is 7. The number of ether oxygens (including phenoxy) is 1. The van der Waals surface area contributed by atoms with Crippen LogP contribution in [0.25, 0.3) is 0 Å². The number of amides is 1. The third kappa shape index (κ3) is 5.01. The molecule has 1 aromatic carbocycles. The van der Waals surface area contributed by atoms with Crippen molar-refractivity contribution < 1.29 is 9.53 Å². The summed E-state index contributed by atoms with van der Waals surface area (Å²) in [7, 11) is 0. The second-order valence-corrected chi connectivity index (χ2v) is 4.71. The summed E-state index contributed by atoms with van der Waals surface area (Å²) < 4.78 is 5.58. The number of benzene rings is 1. The number of carbonyl (C=O) groups excluding carboxylic acids is 1. The molecule has 2 aromatic rings. The molecule has 22 heavy (non-hydrogen) atoms. The van der Waals surface area contributed by atoms with E-state index in [0.717, 1.165) is 30.8 Å². The number of hydrogen-bond acceptors (Lipinski definition) is 4. The molecular formula is C17H19N3O2. The van der Waals surface area contributed by atoms with E-state index in [4.69, 9.17) is 4.74 Å². The normalized spacial score (nSPS) is 10.6. The fourth-order valence-electron chi connectivity index (χ4n) is 1.71. The van der Waals surface area contributed by atoms with Gasteiger partial charge in [-0.25, -0.2) is 5.43 Å². The van der Waals surface area contributed by atoms with Crippen LogP contribution in [0.1, 0.15) is 35.7 Å². The van der Waals surface area contributed by atoms with Crippen LogP contribution >= 0.6 is 0 Å². The minimum Gasteiger partial charge on any atom is -0.494 e. The summed E-state index contributed by atoms with van der Waals surface area (Å²) >= 11 is 0. The van der Waals surface area contributed by atoms with Crippen LogP contribution in [0.5, 0.6) is 5.75 Å². The number of nitrogens with one attached hydrogen (secondary N) is 1. The highest BCUT2D eigenvalue weighted by Crippen LogP contribution is 2.11. The number of aromatic nitrogens is 1. The number of pyridine rings is 1. The number of nitrogens with zero attached hydrogens (tertiary/aromatic N) is 2. The standard InChI is InChI=1S/C17H19N3O2/c1-2-3-11-22-16-8-6-14(7-9-16)12-19-20-17(21)15-5-4-10-18-13-15/h4-10,12-13H,2-3,11H2,1H3,(H,20,21)/b19-12-. The Morgan fingerprint density at radius 2 is 2.14 bits per heavy atom. The molecule has 0 radical (unpaired) electrons. The first kappa shape index (κ1) is 15.7. The van der Waals surface area contributed by atoms with Crippen molar-refractivity contribution >= 4 is 12.1 Å². The van der Waals surface area contributed by atoms with Crippen molar-refractivity contribution in [2.45, 2.75) is 19.8 Å². The molecule has 1 N–H and O–H groups in total. The molecule has 0 spiro atoms. The van der Waals surface area contributed by atoms with E-state index in [1.807, 2.05) is 24.3 Å². The summed E-state index contributed by atoms with van der Waals surface area (Å²) in [5, 5.41) is 3.93. The van der Waals surface area contributed by atoms with E-state index in [0.29, 0.717) is 5.56 Å². The lowest BCUT2D eigenvalue weighted by molar-refractivity contribution is 0.0955. The molecule has 0 atom stereocenters. The summed E-state index contributed by atoms with van der Waals surface area (Å²) in [4.78, 5) is 15.6. The Labute approximate surface area is 130 Å². The van der Waals surface area contributed by atoms with Crippen molar-refractivity contribution in [2.24, 2.45) is 5.10 Å². The zero-order chi connectivity index (χ0) is 15.6. The minimum absolute atomic E-state index is 0.288. The second kappa shape index (κ2) is 8.56. The zero-order valence-electron chi connectivity index (χ0n) is 12.5. The van der Waals surface area contributed by atoms with Crippen molar-refractivity contribution in [3.63, 3.8) is 0 Å². The highest BCUT2D eigenvalue weighted by Gasteiger charge is 2.02. The second-order valence-electron chi connectivity index (χ2n) is 4.71. The van der Waals surface area contributed by atoms with E-state index in [2.05, 4.69) is 22.4 Å². The number of hydrazone groups is 1. The molecule has 114 valence electrons. The van der Waals surface area contributed by atoms with Gasteiger partial charge in [0.05, 0.1) is 18.4 Å². The molecule has 0 bridgehead atoms. The molecule has 1 amide bonds. The molecule has 0 saturated heterocycles. The summed E-state index contributed by atoms with van der Waals surface area (Å²) in [6.45, 7) is 2.85. The molecule has 2 rings (SSSR count). The van der Waals surface area contributed by atoms with Gasteiger partial charge in [0.15, 0.2) is 0 Å². The zero-order valence-corrected chi connectivity index (χ0v) is 12.5. The van der Waals surface area contributed by atoms with Crippen molar-refractivity contribution in [1.82, 2.24) is 10.4 Å². The molecule has 5 heteroatoms. The van der Waals surface area contributed by atoms with Crippen LogP contribution in [-0.2, 0) is 0 Å². The molecule has 0 aliphatic rings. The number of carbonyl (C=O) groups is 1. The van der Waals surface area contributed by atoms with Gasteiger partial charge in [-0.1, -0.05) is 13.3 Å². The van der Waals surface area contributed by atoms with Gasteiger partial charge in [-0.2, -0.15) is 5.10 Å². The maximum atomic E-state index is 11.8. The van der Waals surface area contributed by atoms with Gasteiger partial charge in [0, 0.05) is 12.4 Å². The smallest absolute Gasteiger partial charge is 0.272 e.